The van der Waals surface area contributed by atoms with E-state index in [4.69, 9.17) is 9.73 Å². The van der Waals surface area contributed by atoms with Gasteiger partial charge in [-0.1, -0.05) is 18.2 Å². The first-order valence-corrected chi connectivity index (χ1v) is 10.9. The Kier molecular flexibility index (Phi) is 7.82. The molecular weight excluding hydrogens is 376 g/mol. The number of phenols is 1. The molecule has 1 fully saturated rings. The van der Waals surface area contributed by atoms with Crippen molar-refractivity contribution >= 4 is 11.6 Å². The van der Waals surface area contributed by atoms with Crippen molar-refractivity contribution in [2.75, 3.05) is 38.2 Å². The summed E-state index contributed by atoms with van der Waals surface area (Å²) in [6.45, 7) is 7.88. The van der Waals surface area contributed by atoms with Crippen LogP contribution in [0.1, 0.15) is 43.9 Å². The molecule has 0 amide bonds. The molecule has 1 aliphatic rings. The van der Waals surface area contributed by atoms with E-state index in [9.17, 15) is 5.11 Å². The van der Waals surface area contributed by atoms with Crippen LogP contribution in [-0.2, 0) is 6.42 Å². The van der Waals surface area contributed by atoms with Crippen LogP contribution in [-0.4, -0.2) is 44.4 Å². The summed E-state index contributed by atoms with van der Waals surface area (Å²) >= 11 is 0. The van der Waals surface area contributed by atoms with Crippen LogP contribution in [0.3, 0.4) is 0 Å². The fourth-order valence-corrected chi connectivity index (χ4v) is 3.74. The van der Waals surface area contributed by atoms with E-state index < -0.39 is 0 Å². The van der Waals surface area contributed by atoms with Gasteiger partial charge in [-0.3, -0.25) is 4.99 Å². The average molecular weight is 411 g/mol. The second-order valence-corrected chi connectivity index (χ2v) is 7.66. The Hall–Kier alpha value is -2.89. The van der Waals surface area contributed by atoms with Crippen molar-refractivity contribution < 1.29 is 9.84 Å². The summed E-state index contributed by atoms with van der Waals surface area (Å²) in [6, 6.07) is 14.3. The molecule has 0 saturated carbocycles. The molecule has 0 bridgehead atoms. The predicted molar refractivity (Wildman–Crippen MR) is 124 cm³/mol. The van der Waals surface area contributed by atoms with Crippen LogP contribution in [0.15, 0.2) is 47.5 Å². The lowest BCUT2D eigenvalue weighted by Crippen LogP contribution is -2.39. The predicted octanol–water partition coefficient (Wildman–Crippen LogP) is 3.86. The Balaban J connectivity index is 1.62. The van der Waals surface area contributed by atoms with Gasteiger partial charge >= 0.3 is 0 Å². The number of hydrogen-bond donors (Lipinski definition) is 3. The molecule has 1 heterocycles. The zero-order valence-corrected chi connectivity index (χ0v) is 18.3. The maximum absolute atomic E-state index is 10.1. The largest absolute Gasteiger partial charge is 0.508 e. The van der Waals surface area contributed by atoms with Crippen LogP contribution < -0.4 is 20.3 Å². The van der Waals surface area contributed by atoms with E-state index in [2.05, 4.69) is 53.6 Å². The highest BCUT2D eigenvalue weighted by atomic mass is 16.5. The number of aliphatic imine (C=N–C) groups is 1. The van der Waals surface area contributed by atoms with Crippen molar-refractivity contribution in [2.24, 2.45) is 4.99 Å². The third-order valence-electron chi connectivity index (χ3n) is 5.48. The van der Waals surface area contributed by atoms with Crippen molar-refractivity contribution in [1.29, 1.82) is 0 Å². The quantitative estimate of drug-likeness (QED) is 0.455. The van der Waals surface area contributed by atoms with Gasteiger partial charge in [0.2, 0.25) is 0 Å². The van der Waals surface area contributed by atoms with Crippen molar-refractivity contribution in [1.82, 2.24) is 10.6 Å². The molecule has 162 valence electrons. The lowest BCUT2D eigenvalue weighted by Gasteiger charge is -2.22. The van der Waals surface area contributed by atoms with E-state index in [-0.39, 0.29) is 11.8 Å². The molecule has 2 aromatic rings. The van der Waals surface area contributed by atoms with Gasteiger partial charge in [-0.2, -0.15) is 0 Å². The molecule has 6 nitrogen and oxygen atoms in total. The van der Waals surface area contributed by atoms with E-state index in [1.165, 1.54) is 24.1 Å². The fourth-order valence-electron chi connectivity index (χ4n) is 3.74. The Labute approximate surface area is 180 Å². The van der Waals surface area contributed by atoms with E-state index >= 15 is 0 Å². The van der Waals surface area contributed by atoms with Gasteiger partial charge in [0.1, 0.15) is 11.5 Å². The Morgan fingerprint density at radius 2 is 2.00 bits per heavy atom. The Morgan fingerprint density at radius 3 is 2.70 bits per heavy atom. The van der Waals surface area contributed by atoms with E-state index in [0.717, 1.165) is 31.2 Å². The number of ether oxygens (including phenoxy) is 1. The number of guanidine groups is 1. The molecule has 1 atom stereocenters. The first-order valence-electron chi connectivity index (χ1n) is 10.9. The minimum absolute atomic E-state index is 0.139. The Bertz CT molecular complexity index is 847. The molecule has 2 aromatic carbocycles. The average Bonchev–Trinajstić information content (AvgIpc) is 3.30. The zero-order chi connectivity index (χ0) is 21.3. The maximum Gasteiger partial charge on any atom is 0.191 e. The molecule has 1 saturated heterocycles. The maximum atomic E-state index is 10.1. The number of anilines is 1. The normalized spacial score (nSPS) is 15.2. The SMILES string of the molecule is CCNC(=NCCc1ccc(OC)cc1O)NC(C)c1cccc(N2CCCC2)c1. The molecular formula is C24H34N4O2. The summed E-state index contributed by atoms with van der Waals surface area (Å²) < 4.78 is 5.14. The second-order valence-electron chi connectivity index (χ2n) is 7.66. The van der Waals surface area contributed by atoms with Crippen LogP contribution in [0, 0.1) is 0 Å². The number of phenolic OH excluding ortho intramolecular Hbond substituents is 1. The van der Waals surface area contributed by atoms with E-state index in [1.807, 2.05) is 12.1 Å². The minimum atomic E-state index is 0.139. The molecule has 1 unspecified atom stereocenters. The summed E-state index contributed by atoms with van der Waals surface area (Å²) in [7, 11) is 1.59. The summed E-state index contributed by atoms with van der Waals surface area (Å²) in [5, 5.41) is 17.0. The molecule has 0 spiro atoms. The van der Waals surface area contributed by atoms with E-state index in [1.54, 1.807) is 13.2 Å². The number of methoxy groups -OCH3 is 1. The third-order valence-corrected chi connectivity index (χ3v) is 5.48. The van der Waals surface area contributed by atoms with Gasteiger partial charge in [0.05, 0.1) is 13.2 Å². The molecule has 0 aromatic heterocycles. The first-order chi connectivity index (χ1) is 14.6. The van der Waals surface area contributed by atoms with Crippen molar-refractivity contribution in [3.05, 3.63) is 53.6 Å². The van der Waals surface area contributed by atoms with Crippen molar-refractivity contribution in [3.63, 3.8) is 0 Å². The van der Waals surface area contributed by atoms with Gasteiger partial charge in [0, 0.05) is 37.9 Å². The lowest BCUT2D eigenvalue weighted by atomic mass is 10.1. The van der Waals surface area contributed by atoms with Crippen molar-refractivity contribution in [2.45, 2.75) is 39.2 Å². The Morgan fingerprint density at radius 1 is 1.20 bits per heavy atom. The molecule has 30 heavy (non-hydrogen) atoms. The molecule has 3 rings (SSSR count). The van der Waals surface area contributed by atoms with Gasteiger partial charge in [-0.15, -0.1) is 0 Å². The highest BCUT2D eigenvalue weighted by Gasteiger charge is 2.14. The molecule has 1 aliphatic heterocycles. The highest BCUT2D eigenvalue weighted by molar-refractivity contribution is 5.80. The van der Waals surface area contributed by atoms with Crippen LogP contribution in [0.2, 0.25) is 0 Å². The molecule has 6 heteroatoms. The monoisotopic (exact) mass is 410 g/mol. The van der Waals surface area contributed by atoms with Crippen LogP contribution in [0.4, 0.5) is 5.69 Å². The minimum Gasteiger partial charge on any atom is -0.508 e. The number of rotatable bonds is 8. The standard InChI is InChI=1S/C24H34N4O2/c1-4-25-24(26-13-12-19-10-11-22(30-3)17-23(19)29)27-18(2)20-8-7-9-21(16-20)28-14-5-6-15-28/h7-11,16-18,29H,4-6,12-15H2,1-3H3,(H2,25,26,27). The van der Waals surface area contributed by atoms with Gasteiger partial charge in [-0.05, 0) is 62.4 Å². The third kappa shape index (κ3) is 5.81. The smallest absolute Gasteiger partial charge is 0.191 e. The summed E-state index contributed by atoms with van der Waals surface area (Å²) in [5.41, 5.74) is 3.41. The van der Waals surface area contributed by atoms with Crippen LogP contribution >= 0.6 is 0 Å². The topological polar surface area (TPSA) is 69.1 Å². The number of hydrogen-bond acceptors (Lipinski definition) is 4. The van der Waals surface area contributed by atoms with Gasteiger partial charge in [0.15, 0.2) is 5.96 Å². The fraction of sp³-hybridized carbons (Fsp3) is 0.458. The second kappa shape index (κ2) is 10.8. The van der Waals surface area contributed by atoms with Crippen LogP contribution in [0.25, 0.3) is 0 Å². The van der Waals surface area contributed by atoms with Crippen LogP contribution in [0.5, 0.6) is 11.5 Å². The number of benzene rings is 2. The van der Waals surface area contributed by atoms with Gasteiger partial charge < -0.3 is 25.4 Å². The number of aromatic hydroxyl groups is 1. The zero-order valence-electron chi connectivity index (χ0n) is 18.3. The molecule has 3 N–H and O–H groups in total. The van der Waals surface area contributed by atoms with Gasteiger partial charge in [-0.25, -0.2) is 0 Å². The summed E-state index contributed by atoms with van der Waals surface area (Å²) in [4.78, 5) is 7.15. The van der Waals surface area contributed by atoms with E-state index in [0.29, 0.717) is 18.7 Å². The number of nitrogens with zero attached hydrogens (tertiary/aromatic N) is 2. The molecule has 0 aliphatic carbocycles. The number of nitrogens with one attached hydrogen (secondary N) is 2. The van der Waals surface area contributed by atoms with Crippen molar-refractivity contribution in [3.8, 4) is 11.5 Å². The van der Waals surface area contributed by atoms with Gasteiger partial charge in [0.25, 0.3) is 0 Å². The highest BCUT2D eigenvalue weighted by Crippen LogP contribution is 2.25. The molecule has 0 radical (unpaired) electrons. The first kappa shape index (κ1) is 21.8. The summed E-state index contributed by atoms with van der Waals surface area (Å²) in [5.74, 6) is 1.68. The summed E-state index contributed by atoms with van der Waals surface area (Å²) in [6.07, 6.45) is 3.21. The lowest BCUT2D eigenvalue weighted by molar-refractivity contribution is 0.406.